The second-order valence-electron chi connectivity index (χ2n) is 5.22. The normalized spacial score (nSPS) is 18.6. The minimum absolute atomic E-state index is 0.0712. The Morgan fingerprint density at radius 2 is 2.11 bits per heavy atom. The quantitative estimate of drug-likeness (QED) is 0.884. The Balaban J connectivity index is 2.01. The van der Waals surface area contributed by atoms with Gasteiger partial charge in [0.2, 0.25) is 0 Å². The topological polar surface area (TPSA) is 61.2 Å². The monoisotopic (exact) mass is 246 g/mol. The summed E-state index contributed by atoms with van der Waals surface area (Å²) in [5.74, 6) is 0.253. The first-order valence-electron chi connectivity index (χ1n) is 6.52. The van der Waals surface area contributed by atoms with E-state index in [0.29, 0.717) is 11.5 Å². The van der Waals surface area contributed by atoms with Gasteiger partial charge in [-0.3, -0.25) is 4.57 Å². The highest BCUT2D eigenvalue weighted by molar-refractivity contribution is 5.73. The van der Waals surface area contributed by atoms with Crippen LogP contribution in [0.25, 0.3) is 11.1 Å². The van der Waals surface area contributed by atoms with Crippen molar-refractivity contribution in [1.29, 1.82) is 0 Å². The molecule has 1 unspecified atom stereocenters. The third-order valence-electron chi connectivity index (χ3n) is 4.11. The number of aryl methyl sites for hydroxylation is 1. The van der Waals surface area contributed by atoms with E-state index in [1.807, 2.05) is 18.2 Å². The number of nitrogens with zero attached hydrogens (tertiary/aromatic N) is 1. The van der Waals surface area contributed by atoms with Gasteiger partial charge in [-0.2, -0.15) is 0 Å². The number of fused-ring (bicyclic) bond motifs is 1. The first-order chi connectivity index (χ1) is 8.66. The Morgan fingerprint density at radius 3 is 2.83 bits per heavy atom. The zero-order chi connectivity index (χ0) is 12.7. The number of benzene rings is 1. The fourth-order valence-corrected chi connectivity index (χ4v) is 2.94. The zero-order valence-electron chi connectivity index (χ0n) is 10.6. The molecule has 1 heterocycles. The van der Waals surface area contributed by atoms with Crippen molar-refractivity contribution in [2.45, 2.75) is 31.7 Å². The van der Waals surface area contributed by atoms with E-state index in [1.165, 1.54) is 30.3 Å². The van der Waals surface area contributed by atoms with Gasteiger partial charge in [-0.15, -0.1) is 0 Å². The smallest absolute Gasteiger partial charge is 0.408 e. The van der Waals surface area contributed by atoms with Gasteiger partial charge in [0.25, 0.3) is 0 Å². The van der Waals surface area contributed by atoms with Gasteiger partial charge in [0.1, 0.15) is 0 Å². The summed E-state index contributed by atoms with van der Waals surface area (Å²) in [7, 11) is 1.72. The summed E-state index contributed by atoms with van der Waals surface area (Å²) in [6.07, 6.45) is 4.99. The van der Waals surface area contributed by atoms with Gasteiger partial charge in [-0.05, 0) is 36.5 Å². The third-order valence-corrected chi connectivity index (χ3v) is 4.11. The Bertz CT molecular complexity index is 620. The van der Waals surface area contributed by atoms with Crippen molar-refractivity contribution >= 4 is 11.1 Å². The molecule has 1 fully saturated rings. The van der Waals surface area contributed by atoms with Crippen LogP contribution in [0.5, 0.6) is 0 Å². The van der Waals surface area contributed by atoms with Crippen molar-refractivity contribution in [3.8, 4) is 0 Å². The van der Waals surface area contributed by atoms with E-state index in [0.717, 1.165) is 11.1 Å². The van der Waals surface area contributed by atoms with Crippen molar-refractivity contribution in [1.82, 2.24) is 4.57 Å². The minimum atomic E-state index is -0.323. The Labute approximate surface area is 105 Å². The molecule has 1 aromatic carbocycles. The van der Waals surface area contributed by atoms with Crippen molar-refractivity contribution in [3.63, 3.8) is 0 Å². The second kappa shape index (κ2) is 4.28. The van der Waals surface area contributed by atoms with Crippen LogP contribution in [0.15, 0.2) is 27.4 Å². The summed E-state index contributed by atoms with van der Waals surface area (Å²) < 4.78 is 6.65. The molecule has 0 spiro atoms. The van der Waals surface area contributed by atoms with Crippen LogP contribution in [0.1, 0.15) is 37.3 Å². The molecule has 0 saturated heterocycles. The van der Waals surface area contributed by atoms with E-state index in [2.05, 4.69) is 0 Å². The van der Waals surface area contributed by atoms with E-state index in [4.69, 9.17) is 10.2 Å². The largest absolute Gasteiger partial charge is 0.419 e. The summed E-state index contributed by atoms with van der Waals surface area (Å²) >= 11 is 0. The van der Waals surface area contributed by atoms with Crippen LogP contribution in [0.4, 0.5) is 0 Å². The maximum Gasteiger partial charge on any atom is 0.419 e. The molecule has 18 heavy (non-hydrogen) atoms. The third kappa shape index (κ3) is 1.77. The van der Waals surface area contributed by atoms with Crippen LogP contribution < -0.4 is 11.5 Å². The Kier molecular flexibility index (Phi) is 2.74. The maximum atomic E-state index is 11.4. The van der Waals surface area contributed by atoms with Crippen LogP contribution >= 0.6 is 0 Å². The lowest BCUT2D eigenvalue weighted by Crippen LogP contribution is -2.19. The maximum absolute atomic E-state index is 11.4. The van der Waals surface area contributed by atoms with Crippen LogP contribution in [0.2, 0.25) is 0 Å². The fraction of sp³-hybridized carbons (Fsp3) is 0.500. The molecule has 4 heteroatoms. The average Bonchev–Trinajstić information content (AvgIpc) is 2.99. The van der Waals surface area contributed by atoms with Gasteiger partial charge in [-0.25, -0.2) is 4.79 Å². The molecule has 1 atom stereocenters. The van der Waals surface area contributed by atoms with Gasteiger partial charge in [0, 0.05) is 13.1 Å². The number of nitrogens with two attached hydrogens (primary N) is 1. The average molecular weight is 246 g/mol. The van der Waals surface area contributed by atoms with E-state index < -0.39 is 0 Å². The molecule has 3 rings (SSSR count). The molecule has 2 N–H and O–H groups in total. The highest BCUT2D eigenvalue weighted by Gasteiger charge is 2.23. The van der Waals surface area contributed by atoms with Gasteiger partial charge in [0.05, 0.1) is 5.52 Å². The van der Waals surface area contributed by atoms with Crippen molar-refractivity contribution in [3.05, 3.63) is 34.3 Å². The molecule has 0 amide bonds. The molecule has 0 bridgehead atoms. The molecule has 2 aromatic rings. The molecular formula is C14H18N2O2. The highest BCUT2D eigenvalue weighted by Crippen LogP contribution is 2.34. The van der Waals surface area contributed by atoms with Crippen LogP contribution in [0, 0.1) is 5.92 Å². The fourth-order valence-electron chi connectivity index (χ4n) is 2.94. The SMILES string of the molecule is Cn1c(=O)oc2ccc(C(N)C3CCCC3)cc21. The summed E-state index contributed by atoms with van der Waals surface area (Å²) in [6.45, 7) is 0. The second-order valence-corrected chi connectivity index (χ2v) is 5.22. The first kappa shape index (κ1) is 11.5. The number of hydrogen-bond donors (Lipinski definition) is 1. The summed E-state index contributed by atoms with van der Waals surface area (Å²) in [5.41, 5.74) is 8.89. The van der Waals surface area contributed by atoms with Crippen molar-refractivity contribution in [2.24, 2.45) is 18.7 Å². The van der Waals surface area contributed by atoms with Crippen LogP contribution in [-0.2, 0) is 7.05 Å². The first-order valence-corrected chi connectivity index (χ1v) is 6.52. The Morgan fingerprint density at radius 1 is 1.39 bits per heavy atom. The lowest BCUT2D eigenvalue weighted by molar-refractivity contribution is 0.445. The molecule has 0 radical (unpaired) electrons. The van der Waals surface area contributed by atoms with Gasteiger partial charge in [0.15, 0.2) is 5.58 Å². The predicted molar refractivity (Wildman–Crippen MR) is 70.3 cm³/mol. The van der Waals surface area contributed by atoms with E-state index in [9.17, 15) is 4.79 Å². The van der Waals surface area contributed by atoms with Gasteiger partial charge < -0.3 is 10.2 Å². The van der Waals surface area contributed by atoms with Gasteiger partial charge in [-0.1, -0.05) is 18.9 Å². The van der Waals surface area contributed by atoms with Gasteiger partial charge >= 0.3 is 5.76 Å². The lowest BCUT2D eigenvalue weighted by Gasteiger charge is -2.19. The number of oxazole rings is 1. The Hall–Kier alpha value is -1.55. The van der Waals surface area contributed by atoms with Crippen molar-refractivity contribution in [2.75, 3.05) is 0 Å². The van der Waals surface area contributed by atoms with E-state index in [-0.39, 0.29) is 11.8 Å². The van der Waals surface area contributed by atoms with Crippen LogP contribution in [-0.4, -0.2) is 4.57 Å². The summed E-state index contributed by atoms with van der Waals surface area (Å²) in [4.78, 5) is 11.4. The van der Waals surface area contributed by atoms with E-state index in [1.54, 1.807) is 7.05 Å². The molecule has 1 aromatic heterocycles. The van der Waals surface area contributed by atoms with Crippen LogP contribution in [0.3, 0.4) is 0 Å². The zero-order valence-corrected chi connectivity index (χ0v) is 10.6. The highest BCUT2D eigenvalue weighted by atomic mass is 16.4. The minimum Gasteiger partial charge on any atom is -0.408 e. The molecular weight excluding hydrogens is 228 g/mol. The molecule has 96 valence electrons. The predicted octanol–water partition coefficient (Wildman–Crippen LogP) is 2.32. The lowest BCUT2D eigenvalue weighted by atomic mass is 9.92. The van der Waals surface area contributed by atoms with E-state index >= 15 is 0 Å². The molecule has 1 aliphatic carbocycles. The molecule has 0 aliphatic heterocycles. The summed E-state index contributed by atoms with van der Waals surface area (Å²) in [5, 5.41) is 0. The number of aromatic nitrogens is 1. The standard InChI is InChI=1S/C14H18N2O2/c1-16-11-8-10(6-7-12(11)18-14(16)17)13(15)9-4-2-3-5-9/h6-9,13H,2-5,15H2,1H3. The molecule has 1 saturated carbocycles. The van der Waals surface area contributed by atoms with Crippen molar-refractivity contribution < 1.29 is 4.42 Å². The molecule has 4 nitrogen and oxygen atoms in total. The number of rotatable bonds is 2. The number of hydrogen-bond acceptors (Lipinski definition) is 3. The summed E-state index contributed by atoms with van der Waals surface area (Å²) in [6, 6.07) is 5.89. The molecule has 1 aliphatic rings.